The number of nitrogens with one attached hydrogen (secondary N) is 1. The highest BCUT2D eigenvalue weighted by Gasteiger charge is 2.23. The Morgan fingerprint density at radius 1 is 1.13 bits per heavy atom. The first-order valence-corrected chi connectivity index (χ1v) is 8.42. The van der Waals surface area contributed by atoms with Crippen molar-refractivity contribution in [1.82, 2.24) is 10.2 Å². The van der Waals surface area contributed by atoms with E-state index in [0.717, 1.165) is 41.3 Å². The van der Waals surface area contributed by atoms with Crippen molar-refractivity contribution in [2.75, 3.05) is 18.2 Å². The minimum absolute atomic E-state index is 0.728. The lowest BCUT2D eigenvalue weighted by molar-refractivity contribution is 0.252. The molecule has 1 heterocycles. The van der Waals surface area contributed by atoms with Crippen LogP contribution in [0.1, 0.15) is 16.7 Å². The maximum Gasteiger partial charge on any atom is 0.175 e. The van der Waals surface area contributed by atoms with Crippen molar-refractivity contribution in [3.8, 4) is 0 Å². The highest BCUT2D eigenvalue weighted by Crippen LogP contribution is 2.25. The molecular formula is C18H20ClN3S. The Hall–Kier alpha value is -1.62. The minimum atomic E-state index is 0.728. The van der Waals surface area contributed by atoms with Gasteiger partial charge in [-0.15, -0.1) is 0 Å². The van der Waals surface area contributed by atoms with Crippen LogP contribution in [-0.2, 0) is 6.54 Å². The fraction of sp³-hybridized carbons (Fsp3) is 0.278. The third kappa shape index (κ3) is 3.50. The molecule has 2 aromatic rings. The van der Waals surface area contributed by atoms with Gasteiger partial charge in [-0.1, -0.05) is 41.9 Å². The molecule has 0 unspecified atom stereocenters. The topological polar surface area (TPSA) is 18.5 Å². The van der Waals surface area contributed by atoms with E-state index in [0.29, 0.717) is 0 Å². The molecular weight excluding hydrogens is 326 g/mol. The van der Waals surface area contributed by atoms with Gasteiger partial charge in [-0.05, 0) is 54.9 Å². The standard InChI is InChI=1S/C18H20ClN3S/c1-13-6-5-9-17(14(13)2)22-12-21(11-20-18(22)23)10-15-7-3-4-8-16(15)19/h3-9H,10-12H2,1-2H3,(H,20,23). The molecule has 1 aliphatic heterocycles. The zero-order valence-corrected chi connectivity index (χ0v) is 14.9. The van der Waals surface area contributed by atoms with Crippen LogP contribution in [0.2, 0.25) is 5.02 Å². The number of thiocarbonyl (C=S) groups is 1. The second-order valence-electron chi connectivity index (χ2n) is 5.85. The van der Waals surface area contributed by atoms with Crippen molar-refractivity contribution in [1.29, 1.82) is 0 Å². The monoisotopic (exact) mass is 345 g/mol. The molecule has 0 saturated carbocycles. The average molecular weight is 346 g/mol. The number of hydrogen-bond acceptors (Lipinski definition) is 2. The van der Waals surface area contributed by atoms with Crippen LogP contribution >= 0.6 is 23.8 Å². The lowest BCUT2D eigenvalue weighted by atomic mass is 10.1. The number of rotatable bonds is 3. The molecule has 0 bridgehead atoms. The third-order valence-corrected chi connectivity index (χ3v) is 4.99. The molecule has 5 heteroatoms. The van der Waals surface area contributed by atoms with Gasteiger partial charge in [-0.2, -0.15) is 0 Å². The van der Waals surface area contributed by atoms with Gasteiger partial charge in [0.1, 0.15) is 0 Å². The minimum Gasteiger partial charge on any atom is -0.349 e. The molecule has 0 atom stereocenters. The summed E-state index contributed by atoms with van der Waals surface area (Å²) in [5.41, 5.74) is 4.82. The van der Waals surface area contributed by atoms with Crippen LogP contribution in [0.15, 0.2) is 42.5 Å². The van der Waals surface area contributed by atoms with Crippen LogP contribution in [0, 0.1) is 13.8 Å². The van der Waals surface area contributed by atoms with Crippen LogP contribution in [0.3, 0.4) is 0 Å². The van der Waals surface area contributed by atoms with Gasteiger partial charge in [-0.25, -0.2) is 0 Å². The van der Waals surface area contributed by atoms with Crippen LogP contribution in [0.4, 0.5) is 5.69 Å². The van der Waals surface area contributed by atoms with E-state index in [2.05, 4.69) is 53.2 Å². The summed E-state index contributed by atoms with van der Waals surface area (Å²) in [6, 6.07) is 14.3. The summed E-state index contributed by atoms with van der Waals surface area (Å²) in [5.74, 6) is 0. The Morgan fingerprint density at radius 3 is 2.70 bits per heavy atom. The zero-order chi connectivity index (χ0) is 16.4. The molecule has 0 radical (unpaired) electrons. The Balaban J connectivity index is 1.81. The summed E-state index contributed by atoms with van der Waals surface area (Å²) in [6.45, 7) is 6.53. The van der Waals surface area contributed by atoms with Crippen LogP contribution in [0.5, 0.6) is 0 Å². The van der Waals surface area contributed by atoms with E-state index in [1.807, 2.05) is 18.2 Å². The van der Waals surface area contributed by atoms with Crippen LogP contribution in [0.25, 0.3) is 0 Å². The fourth-order valence-electron chi connectivity index (χ4n) is 2.78. The summed E-state index contributed by atoms with van der Waals surface area (Å²) in [6.07, 6.45) is 0. The van der Waals surface area contributed by atoms with Gasteiger partial charge in [0.2, 0.25) is 0 Å². The molecule has 1 aliphatic rings. The summed E-state index contributed by atoms with van der Waals surface area (Å²) < 4.78 is 0. The summed E-state index contributed by atoms with van der Waals surface area (Å²) in [7, 11) is 0. The quantitative estimate of drug-likeness (QED) is 0.845. The Kier molecular flexibility index (Phi) is 4.85. The number of hydrogen-bond donors (Lipinski definition) is 1. The Morgan fingerprint density at radius 2 is 1.91 bits per heavy atom. The maximum atomic E-state index is 6.29. The van der Waals surface area contributed by atoms with Gasteiger partial charge in [0.05, 0.1) is 13.3 Å². The molecule has 3 rings (SSSR count). The predicted molar refractivity (Wildman–Crippen MR) is 101 cm³/mol. The van der Waals surface area contributed by atoms with E-state index in [9.17, 15) is 0 Å². The van der Waals surface area contributed by atoms with Crippen LogP contribution < -0.4 is 10.2 Å². The molecule has 1 fully saturated rings. The van der Waals surface area contributed by atoms with Crippen molar-refractivity contribution in [3.63, 3.8) is 0 Å². The first kappa shape index (κ1) is 16.2. The van der Waals surface area contributed by atoms with Crippen LogP contribution in [-0.4, -0.2) is 23.3 Å². The smallest absolute Gasteiger partial charge is 0.175 e. The zero-order valence-electron chi connectivity index (χ0n) is 13.3. The van der Waals surface area contributed by atoms with Gasteiger partial charge in [0, 0.05) is 17.3 Å². The highest BCUT2D eigenvalue weighted by atomic mass is 35.5. The molecule has 3 nitrogen and oxygen atoms in total. The van der Waals surface area contributed by atoms with Gasteiger partial charge in [-0.3, -0.25) is 4.90 Å². The van der Waals surface area contributed by atoms with E-state index in [1.165, 1.54) is 11.1 Å². The molecule has 0 amide bonds. The fourth-order valence-corrected chi connectivity index (χ4v) is 3.19. The number of benzene rings is 2. The van der Waals surface area contributed by atoms with Crippen molar-refractivity contribution in [2.45, 2.75) is 20.4 Å². The van der Waals surface area contributed by atoms with Crippen molar-refractivity contribution >= 4 is 34.6 Å². The highest BCUT2D eigenvalue weighted by molar-refractivity contribution is 7.80. The largest absolute Gasteiger partial charge is 0.349 e. The lowest BCUT2D eigenvalue weighted by Gasteiger charge is -2.39. The van der Waals surface area contributed by atoms with Gasteiger partial charge >= 0.3 is 0 Å². The average Bonchev–Trinajstić information content (AvgIpc) is 2.54. The maximum absolute atomic E-state index is 6.29. The summed E-state index contributed by atoms with van der Waals surface area (Å²) in [4.78, 5) is 4.44. The van der Waals surface area contributed by atoms with E-state index in [4.69, 9.17) is 23.8 Å². The van der Waals surface area contributed by atoms with Crippen molar-refractivity contribution in [2.24, 2.45) is 0 Å². The lowest BCUT2D eigenvalue weighted by Crippen LogP contribution is -2.56. The van der Waals surface area contributed by atoms with Crippen molar-refractivity contribution < 1.29 is 0 Å². The molecule has 1 N–H and O–H groups in total. The SMILES string of the molecule is Cc1cccc(N2CN(Cc3ccccc3Cl)CNC2=S)c1C. The number of nitrogens with zero attached hydrogens (tertiary/aromatic N) is 2. The number of anilines is 1. The van der Waals surface area contributed by atoms with E-state index in [-0.39, 0.29) is 0 Å². The molecule has 23 heavy (non-hydrogen) atoms. The third-order valence-electron chi connectivity index (χ3n) is 4.26. The second kappa shape index (κ2) is 6.87. The summed E-state index contributed by atoms with van der Waals surface area (Å²) in [5, 5.41) is 4.88. The van der Waals surface area contributed by atoms with E-state index in [1.54, 1.807) is 0 Å². The Bertz CT molecular complexity index is 732. The first-order valence-electron chi connectivity index (χ1n) is 7.63. The summed E-state index contributed by atoms with van der Waals surface area (Å²) >= 11 is 11.8. The normalized spacial score (nSPS) is 15.6. The molecule has 2 aromatic carbocycles. The Labute approximate surface area is 147 Å². The van der Waals surface area contributed by atoms with Gasteiger partial charge < -0.3 is 10.2 Å². The number of halogens is 1. The second-order valence-corrected chi connectivity index (χ2v) is 6.64. The van der Waals surface area contributed by atoms with Gasteiger partial charge in [0.25, 0.3) is 0 Å². The van der Waals surface area contributed by atoms with Gasteiger partial charge in [0.15, 0.2) is 5.11 Å². The molecule has 0 aromatic heterocycles. The molecule has 120 valence electrons. The van der Waals surface area contributed by atoms with Crippen molar-refractivity contribution in [3.05, 3.63) is 64.2 Å². The van der Waals surface area contributed by atoms with E-state index < -0.39 is 0 Å². The first-order chi connectivity index (χ1) is 11.1. The molecule has 1 saturated heterocycles. The number of aryl methyl sites for hydroxylation is 1. The predicted octanol–water partition coefficient (Wildman–Crippen LogP) is 4.07. The molecule has 0 aliphatic carbocycles. The van der Waals surface area contributed by atoms with E-state index >= 15 is 0 Å². The molecule has 0 spiro atoms.